The number of rotatable bonds is 4. The van der Waals surface area contributed by atoms with E-state index in [9.17, 15) is 18.0 Å². The molecule has 0 radical (unpaired) electrons. The molecule has 2 aliphatic heterocycles. The highest BCUT2D eigenvalue weighted by Crippen LogP contribution is 2.38. The molecule has 2 heterocycles. The highest BCUT2D eigenvalue weighted by atomic mass is 32.2. The van der Waals surface area contributed by atoms with Crippen molar-refractivity contribution in [3.05, 3.63) is 65.7 Å². The number of carbonyl (C=O) groups is 2. The third-order valence-corrected chi connectivity index (χ3v) is 7.78. The molecule has 0 saturated carbocycles. The molecule has 0 unspecified atom stereocenters. The number of fused-ring (bicyclic) bond motifs is 1. The minimum absolute atomic E-state index is 0.0657. The Bertz CT molecular complexity index is 1360. The zero-order valence-corrected chi connectivity index (χ0v) is 18.0. The van der Waals surface area contributed by atoms with Crippen molar-refractivity contribution in [1.82, 2.24) is 4.31 Å². The molecule has 31 heavy (non-hydrogen) atoms. The lowest BCUT2D eigenvalue weighted by Gasteiger charge is -2.23. The average molecular weight is 436 g/mol. The van der Waals surface area contributed by atoms with E-state index in [4.69, 9.17) is 0 Å². The number of anilines is 2. The maximum Gasteiger partial charge on any atom is 0.259 e. The van der Waals surface area contributed by atoms with Gasteiger partial charge in [-0.25, -0.2) is 12.7 Å². The van der Waals surface area contributed by atoms with Gasteiger partial charge in [-0.15, -0.1) is 0 Å². The Kier molecular flexibility index (Phi) is 4.39. The predicted molar refractivity (Wildman–Crippen MR) is 119 cm³/mol. The van der Waals surface area contributed by atoms with Crippen molar-refractivity contribution in [2.75, 3.05) is 37.0 Å². The Morgan fingerprint density at radius 1 is 1.03 bits per heavy atom. The number of nitrogens with zero attached hydrogens (tertiary/aromatic N) is 3. The minimum Gasteiger partial charge on any atom is -0.310 e. The molecule has 2 aliphatic rings. The molecule has 3 aromatic carbocycles. The van der Waals surface area contributed by atoms with E-state index in [1.54, 1.807) is 23.1 Å². The van der Waals surface area contributed by atoms with Crippen LogP contribution in [0.3, 0.4) is 0 Å². The summed E-state index contributed by atoms with van der Waals surface area (Å²) in [6.07, 6.45) is 0.571. The van der Waals surface area contributed by atoms with Crippen LogP contribution < -0.4 is 9.80 Å². The van der Waals surface area contributed by atoms with E-state index in [0.29, 0.717) is 24.2 Å². The minimum atomic E-state index is -3.54. The molecule has 0 atom stereocenters. The second-order valence-corrected chi connectivity index (χ2v) is 10.1. The first-order chi connectivity index (χ1) is 14.8. The largest absolute Gasteiger partial charge is 0.310 e. The van der Waals surface area contributed by atoms with Gasteiger partial charge in [0.15, 0.2) is 0 Å². The Labute approximate surface area is 180 Å². The zero-order chi connectivity index (χ0) is 21.9. The highest BCUT2D eigenvalue weighted by Gasteiger charge is 2.34. The van der Waals surface area contributed by atoms with E-state index in [1.165, 1.54) is 29.4 Å². The summed E-state index contributed by atoms with van der Waals surface area (Å²) in [4.78, 5) is 29.5. The second-order valence-electron chi connectivity index (χ2n) is 7.95. The first-order valence-corrected chi connectivity index (χ1v) is 11.4. The first kappa shape index (κ1) is 19.7. The van der Waals surface area contributed by atoms with Crippen molar-refractivity contribution in [1.29, 1.82) is 0 Å². The maximum atomic E-state index is 13.2. The number of hydrogen-bond donors (Lipinski definition) is 0. The third kappa shape index (κ3) is 2.94. The summed E-state index contributed by atoms with van der Waals surface area (Å²) in [6, 6.07) is 16.1. The molecule has 0 saturated heterocycles. The van der Waals surface area contributed by atoms with Crippen LogP contribution >= 0.6 is 0 Å². The molecule has 0 spiro atoms. The molecule has 0 fully saturated rings. The van der Waals surface area contributed by atoms with Crippen molar-refractivity contribution < 1.29 is 18.0 Å². The van der Waals surface area contributed by atoms with Crippen molar-refractivity contribution in [2.24, 2.45) is 0 Å². The topological polar surface area (TPSA) is 78.0 Å². The van der Waals surface area contributed by atoms with E-state index in [1.807, 2.05) is 30.3 Å². The Hall–Kier alpha value is -3.23. The molecule has 8 heteroatoms. The number of hydrogen-bond acceptors (Lipinski definition) is 4. The quantitative estimate of drug-likeness (QED) is 0.631. The summed E-state index contributed by atoms with van der Waals surface area (Å²) in [7, 11) is -0.558. The van der Waals surface area contributed by atoms with Crippen molar-refractivity contribution in [2.45, 2.75) is 11.3 Å². The fourth-order valence-corrected chi connectivity index (χ4v) is 5.32. The number of benzene rings is 3. The summed E-state index contributed by atoms with van der Waals surface area (Å²) >= 11 is 0. The molecular weight excluding hydrogens is 414 g/mol. The lowest BCUT2D eigenvalue weighted by atomic mass is 10.1. The van der Waals surface area contributed by atoms with E-state index in [0.717, 1.165) is 22.0 Å². The van der Waals surface area contributed by atoms with Crippen molar-refractivity contribution in [3.63, 3.8) is 0 Å². The molecule has 2 amide bonds. The standard InChI is InChI=1S/C23H21N3O4S/c1-24(2)31(29,30)17-9-10-19-16(13-17)11-12-25(19)21(27)14-26-20-8-4-6-15-5-3-7-18(22(15)20)23(26)28/h3-10,13H,11-12,14H2,1-2H3. The first-order valence-electron chi connectivity index (χ1n) is 9.98. The highest BCUT2D eigenvalue weighted by molar-refractivity contribution is 7.89. The van der Waals surface area contributed by atoms with Gasteiger partial charge >= 0.3 is 0 Å². The van der Waals surface area contributed by atoms with E-state index >= 15 is 0 Å². The van der Waals surface area contributed by atoms with Crippen LogP contribution in [0.15, 0.2) is 59.5 Å². The zero-order valence-electron chi connectivity index (χ0n) is 17.2. The number of carbonyl (C=O) groups excluding carboxylic acids is 2. The Balaban J connectivity index is 1.43. The Morgan fingerprint density at radius 2 is 1.77 bits per heavy atom. The third-order valence-electron chi connectivity index (χ3n) is 5.97. The smallest absolute Gasteiger partial charge is 0.259 e. The van der Waals surface area contributed by atoms with Crippen LogP contribution in [0.5, 0.6) is 0 Å². The van der Waals surface area contributed by atoms with Gasteiger partial charge in [-0.2, -0.15) is 0 Å². The van der Waals surface area contributed by atoms with E-state index in [2.05, 4.69) is 0 Å². The Morgan fingerprint density at radius 3 is 2.52 bits per heavy atom. The number of sulfonamides is 1. The fraction of sp³-hybridized carbons (Fsp3) is 0.217. The van der Waals surface area contributed by atoms with Gasteiger partial charge in [-0.1, -0.05) is 24.3 Å². The van der Waals surface area contributed by atoms with E-state index in [-0.39, 0.29) is 23.3 Å². The summed E-state index contributed by atoms with van der Waals surface area (Å²) in [5.74, 6) is -0.368. The van der Waals surface area contributed by atoms with Crippen LogP contribution in [-0.2, 0) is 21.2 Å². The van der Waals surface area contributed by atoms with Gasteiger partial charge in [-0.3, -0.25) is 14.5 Å². The maximum absolute atomic E-state index is 13.2. The second kappa shape index (κ2) is 6.90. The fourth-order valence-electron chi connectivity index (χ4n) is 4.37. The van der Waals surface area contributed by atoms with Gasteiger partial charge in [0.25, 0.3) is 5.91 Å². The molecule has 0 aliphatic carbocycles. The lowest BCUT2D eigenvalue weighted by molar-refractivity contribution is -0.117. The molecule has 3 aromatic rings. The van der Waals surface area contributed by atoms with Crippen LogP contribution in [0.2, 0.25) is 0 Å². The summed E-state index contributed by atoms with van der Waals surface area (Å²) < 4.78 is 26.0. The molecule has 5 rings (SSSR count). The predicted octanol–water partition coefficient (Wildman–Crippen LogP) is 2.64. The summed E-state index contributed by atoms with van der Waals surface area (Å²) in [5.41, 5.74) is 2.87. The van der Waals surface area contributed by atoms with Gasteiger partial charge in [0.05, 0.1) is 10.6 Å². The molecule has 7 nitrogen and oxygen atoms in total. The van der Waals surface area contributed by atoms with Crippen LogP contribution in [-0.4, -0.2) is 51.7 Å². The van der Waals surface area contributed by atoms with Gasteiger partial charge in [0.1, 0.15) is 6.54 Å². The number of amides is 2. The van der Waals surface area contributed by atoms with Gasteiger partial charge in [-0.05, 0) is 47.7 Å². The van der Waals surface area contributed by atoms with Crippen LogP contribution in [0, 0.1) is 0 Å². The molecule has 0 N–H and O–H groups in total. The van der Waals surface area contributed by atoms with Crippen molar-refractivity contribution >= 4 is 44.0 Å². The van der Waals surface area contributed by atoms with Gasteiger partial charge in [0.2, 0.25) is 15.9 Å². The summed E-state index contributed by atoms with van der Waals surface area (Å²) in [6.45, 7) is 0.391. The van der Waals surface area contributed by atoms with Crippen molar-refractivity contribution in [3.8, 4) is 0 Å². The molecular formula is C23H21N3O4S. The average Bonchev–Trinajstić information content (AvgIpc) is 3.30. The monoisotopic (exact) mass is 435 g/mol. The SMILES string of the molecule is CN(C)S(=O)(=O)c1ccc2c(c1)CCN2C(=O)CN1C(=O)c2cccc3cccc1c23. The van der Waals surface area contributed by atoms with Gasteiger partial charge < -0.3 is 4.90 Å². The normalized spacial score (nSPS) is 15.3. The lowest BCUT2D eigenvalue weighted by Crippen LogP contribution is -2.41. The van der Waals surface area contributed by atoms with E-state index < -0.39 is 10.0 Å². The summed E-state index contributed by atoms with van der Waals surface area (Å²) in [5, 5.41) is 1.85. The molecule has 158 valence electrons. The van der Waals surface area contributed by atoms with Crippen LogP contribution in [0.4, 0.5) is 11.4 Å². The van der Waals surface area contributed by atoms with Crippen LogP contribution in [0.25, 0.3) is 10.8 Å². The van der Waals surface area contributed by atoms with Gasteiger partial charge in [0, 0.05) is 37.3 Å². The molecule has 0 aromatic heterocycles. The molecule has 0 bridgehead atoms. The van der Waals surface area contributed by atoms with Crippen LogP contribution in [0.1, 0.15) is 15.9 Å².